The molecule has 1 aliphatic rings. The fourth-order valence-corrected chi connectivity index (χ4v) is 3.47. The fraction of sp³-hybridized carbons (Fsp3) is 0.417. The Hall–Kier alpha value is -2.22. The molecule has 2 heterocycles. The highest BCUT2D eigenvalue weighted by molar-refractivity contribution is 5.32. The Morgan fingerprint density at radius 3 is 2.54 bits per heavy atom. The van der Waals surface area contributed by atoms with Gasteiger partial charge in [0.1, 0.15) is 0 Å². The zero-order chi connectivity index (χ0) is 19.0. The molecule has 0 aromatic carbocycles. The van der Waals surface area contributed by atoms with Crippen molar-refractivity contribution < 1.29 is 0 Å². The molecule has 0 saturated heterocycles. The molecular weight excluding hydrogens is 316 g/mol. The molecule has 2 aromatic rings. The Kier molecular flexibility index (Phi) is 7.32. The average Bonchev–Trinajstić information content (AvgIpc) is 3.05. The van der Waals surface area contributed by atoms with Crippen LogP contribution >= 0.6 is 0 Å². The SMILES string of the molecule is C=C(CCc1ccncc1)CC1=CCC(C)(c2ccc(C)nc2)C1.CC. The van der Waals surface area contributed by atoms with Gasteiger partial charge in [0.25, 0.3) is 0 Å². The maximum absolute atomic E-state index is 4.47. The van der Waals surface area contributed by atoms with Crippen LogP contribution in [-0.2, 0) is 11.8 Å². The Balaban J connectivity index is 0.00000117. The predicted molar refractivity (Wildman–Crippen MR) is 111 cm³/mol. The van der Waals surface area contributed by atoms with E-state index in [1.54, 1.807) is 0 Å². The van der Waals surface area contributed by atoms with Gasteiger partial charge < -0.3 is 0 Å². The Morgan fingerprint density at radius 1 is 1.15 bits per heavy atom. The minimum Gasteiger partial charge on any atom is -0.265 e. The number of hydrogen-bond acceptors (Lipinski definition) is 2. The van der Waals surface area contributed by atoms with Gasteiger partial charge in [-0.1, -0.05) is 50.6 Å². The zero-order valence-corrected chi connectivity index (χ0v) is 16.8. The van der Waals surface area contributed by atoms with Crippen LogP contribution < -0.4 is 0 Å². The predicted octanol–water partition coefficient (Wildman–Crippen LogP) is 6.37. The van der Waals surface area contributed by atoms with Crippen LogP contribution in [0, 0.1) is 6.92 Å². The van der Waals surface area contributed by atoms with Gasteiger partial charge in [-0.2, -0.15) is 0 Å². The Morgan fingerprint density at radius 2 is 1.88 bits per heavy atom. The van der Waals surface area contributed by atoms with E-state index < -0.39 is 0 Å². The summed E-state index contributed by atoms with van der Waals surface area (Å²) in [7, 11) is 0. The molecule has 0 aliphatic heterocycles. The molecule has 0 radical (unpaired) electrons. The van der Waals surface area contributed by atoms with Crippen molar-refractivity contribution >= 4 is 0 Å². The molecule has 138 valence electrons. The molecule has 3 rings (SSSR count). The number of hydrogen-bond donors (Lipinski definition) is 0. The summed E-state index contributed by atoms with van der Waals surface area (Å²) in [4.78, 5) is 8.54. The first-order valence-electron chi connectivity index (χ1n) is 9.72. The van der Waals surface area contributed by atoms with Gasteiger partial charge in [0.15, 0.2) is 0 Å². The highest BCUT2D eigenvalue weighted by atomic mass is 14.7. The van der Waals surface area contributed by atoms with Crippen LogP contribution in [0.2, 0.25) is 0 Å². The number of aromatic nitrogens is 2. The summed E-state index contributed by atoms with van der Waals surface area (Å²) in [6.07, 6.45) is 13.5. The number of allylic oxidation sites excluding steroid dienone is 3. The average molecular weight is 349 g/mol. The third-order valence-electron chi connectivity index (χ3n) is 5.06. The first kappa shape index (κ1) is 20.1. The van der Waals surface area contributed by atoms with Crippen LogP contribution in [0.5, 0.6) is 0 Å². The van der Waals surface area contributed by atoms with Gasteiger partial charge in [0.2, 0.25) is 0 Å². The first-order valence-corrected chi connectivity index (χ1v) is 9.72. The molecule has 2 nitrogen and oxygen atoms in total. The molecule has 0 saturated carbocycles. The minimum absolute atomic E-state index is 0.196. The summed E-state index contributed by atoms with van der Waals surface area (Å²) in [5.74, 6) is 0. The molecule has 0 fully saturated rings. The largest absolute Gasteiger partial charge is 0.265 e. The van der Waals surface area contributed by atoms with Crippen LogP contribution in [0.15, 0.2) is 66.7 Å². The second kappa shape index (κ2) is 9.47. The fourth-order valence-electron chi connectivity index (χ4n) is 3.47. The van der Waals surface area contributed by atoms with Crippen LogP contribution in [-0.4, -0.2) is 9.97 Å². The topological polar surface area (TPSA) is 25.8 Å². The van der Waals surface area contributed by atoms with E-state index in [4.69, 9.17) is 0 Å². The van der Waals surface area contributed by atoms with Crippen molar-refractivity contribution in [2.75, 3.05) is 0 Å². The first-order chi connectivity index (χ1) is 12.5. The van der Waals surface area contributed by atoms with Crippen molar-refractivity contribution in [3.63, 3.8) is 0 Å². The summed E-state index contributed by atoms with van der Waals surface area (Å²) in [5, 5.41) is 0. The van der Waals surface area contributed by atoms with Gasteiger partial charge in [0.05, 0.1) is 0 Å². The number of nitrogens with zero attached hydrogens (tertiary/aromatic N) is 2. The van der Waals surface area contributed by atoms with Crippen molar-refractivity contribution in [2.45, 2.75) is 65.2 Å². The van der Waals surface area contributed by atoms with Gasteiger partial charge in [-0.15, -0.1) is 0 Å². The second-order valence-electron chi connectivity index (χ2n) is 7.27. The molecule has 0 bridgehead atoms. The van der Waals surface area contributed by atoms with Gasteiger partial charge in [-0.3, -0.25) is 9.97 Å². The molecule has 1 aliphatic carbocycles. The second-order valence-corrected chi connectivity index (χ2v) is 7.27. The van der Waals surface area contributed by atoms with Crippen molar-refractivity contribution in [3.8, 4) is 0 Å². The lowest BCUT2D eigenvalue weighted by molar-refractivity contribution is 0.499. The van der Waals surface area contributed by atoms with E-state index in [2.05, 4.69) is 53.8 Å². The van der Waals surface area contributed by atoms with Crippen molar-refractivity contribution in [3.05, 3.63) is 83.5 Å². The number of pyridine rings is 2. The molecule has 2 heteroatoms. The molecule has 0 spiro atoms. The maximum Gasteiger partial charge on any atom is 0.0372 e. The lowest BCUT2D eigenvalue weighted by atomic mass is 9.79. The van der Waals surface area contributed by atoms with E-state index in [0.717, 1.165) is 37.8 Å². The van der Waals surface area contributed by atoms with Gasteiger partial charge in [-0.25, -0.2) is 0 Å². The standard InChI is InChI=1S/C22H26N2.C2H6/c1-17(4-6-19-9-12-23-13-10-19)14-20-8-11-22(3,15-20)21-7-5-18(2)24-16-21;1-2/h5,7-10,12-13,16H,1,4,6,11,14-15H2,2-3H3;1-2H3. The molecule has 26 heavy (non-hydrogen) atoms. The minimum atomic E-state index is 0.196. The third-order valence-corrected chi connectivity index (χ3v) is 5.06. The lowest BCUT2D eigenvalue weighted by Crippen LogP contribution is -2.18. The van der Waals surface area contributed by atoms with E-state index in [9.17, 15) is 0 Å². The van der Waals surface area contributed by atoms with E-state index in [1.807, 2.05) is 39.4 Å². The summed E-state index contributed by atoms with van der Waals surface area (Å²) < 4.78 is 0. The van der Waals surface area contributed by atoms with Crippen molar-refractivity contribution in [1.82, 2.24) is 9.97 Å². The summed E-state index contributed by atoms with van der Waals surface area (Å²) >= 11 is 0. The van der Waals surface area contributed by atoms with Crippen LogP contribution in [0.4, 0.5) is 0 Å². The van der Waals surface area contributed by atoms with E-state index in [-0.39, 0.29) is 5.41 Å². The molecule has 0 amide bonds. The highest BCUT2D eigenvalue weighted by Gasteiger charge is 2.31. The van der Waals surface area contributed by atoms with Crippen molar-refractivity contribution in [1.29, 1.82) is 0 Å². The highest BCUT2D eigenvalue weighted by Crippen LogP contribution is 2.41. The summed E-state index contributed by atoms with van der Waals surface area (Å²) in [6.45, 7) is 12.7. The molecule has 0 N–H and O–H groups in total. The Bertz CT molecular complexity index is 729. The maximum atomic E-state index is 4.47. The Labute approximate surface area is 159 Å². The zero-order valence-electron chi connectivity index (χ0n) is 16.8. The number of rotatable bonds is 6. The van der Waals surface area contributed by atoms with Gasteiger partial charge in [-0.05, 0) is 68.4 Å². The van der Waals surface area contributed by atoms with Crippen molar-refractivity contribution in [2.24, 2.45) is 0 Å². The van der Waals surface area contributed by atoms with Crippen LogP contribution in [0.3, 0.4) is 0 Å². The number of aryl methyl sites for hydroxylation is 2. The lowest BCUT2D eigenvalue weighted by Gasteiger charge is -2.25. The van der Waals surface area contributed by atoms with Crippen LogP contribution in [0.25, 0.3) is 0 Å². The van der Waals surface area contributed by atoms with E-state index >= 15 is 0 Å². The monoisotopic (exact) mass is 348 g/mol. The van der Waals surface area contributed by atoms with E-state index in [1.165, 1.54) is 22.3 Å². The quantitative estimate of drug-likeness (QED) is 0.567. The van der Waals surface area contributed by atoms with Gasteiger partial charge in [0, 0.05) is 29.7 Å². The smallest absolute Gasteiger partial charge is 0.0372 e. The summed E-state index contributed by atoms with van der Waals surface area (Å²) in [5.41, 5.74) is 6.81. The van der Waals surface area contributed by atoms with E-state index in [0.29, 0.717) is 0 Å². The molecule has 1 unspecified atom stereocenters. The molecule has 1 atom stereocenters. The van der Waals surface area contributed by atoms with Crippen LogP contribution in [0.1, 0.15) is 63.3 Å². The third kappa shape index (κ3) is 5.39. The normalized spacial score (nSPS) is 18.7. The summed E-state index contributed by atoms with van der Waals surface area (Å²) in [6, 6.07) is 8.52. The molecular formula is C24H32N2. The van der Waals surface area contributed by atoms with Gasteiger partial charge >= 0.3 is 0 Å². The molecule has 2 aromatic heterocycles.